The van der Waals surface area contributed by atoms with Crippen molar-refractivity contribution in [1.29, 1.82) is 0 Å². The molecule has 14 heavy (non-hydrogen) atoms. The molecule has 2 heteroatoms. The van der Waals surface area contributed by atoms with E-state index in [0.29, 0.717) is 6.04 Å². The minimum atomic E-state index is -0.0707. The van der Waals surface area contributed by atoms with Crippen LogP contribution in [0, 0.1) is 5.92 Å². The average molecular weight is 197 g/mol. The zero-order valence-corrected chi connectivity index (χ0v) is 9.04. The second kappa shape index (κ2) is 5.13. The highest BCUT2D eigenvalue weighted by Crippen LogP contribution is 2.24. The first-order valence-electron chi connectivity index (χ1n) is 6.28. The van der Waals surface area contributed by atoms with Gasteiger partial charge in [-0.15, -0.1) is 0 Å². The van der Waals surface area contributed by atoms with E-state index in [1.807, 2.05) is 0 Å². The van der Waals surface area contributed by atoms with Crippen LogP contribution < -0.4 is 5.32 Å². The van der Waals surface area contributed by atoms with Crippen molar-refractivity contribution in [3.63, 3.8) is 0 Å². The zero-order chi connectivity index (χ0) is 9.80. The number of hydrogen-bond donors (Lipinski definition) is 2. The summed E-state index contributed by atoms with van der Waals surface area (Å²) in [6.07, 6.45) is 10.4. The van der Waals surface area contributed by atoms with Gasteiger partial charge in [0, 0.05) is 6.04 Å². The maximum absolute atomic E-state index is 9.66. The molecule has 0 radical (unpaired) electrons. The average Bonchev–Trinajstić information content (AvgIpc) is 2.63. The second-order valence-electron chi connectivity index (χ2n) is 5.02. The van der Waals surface area contributed by atoms with Gasteiger partial charge in [-0.1, -0.05) is 19.3 Å². The summed E-state index contributed by atoms with van der Waals surface area (Å²) in [5.41, 5.74) is 0. The predicted molar refractivity (Wildman–Crippen MR) is 58.2 cm³/mol. The van der Waals surface area contributed by atoms with Gasteiger partial charge in [0.1, 0.15) is 0 Å². The third kappa shape index (κ3) is 2.71. The standard InChI is InChI=1S/C12H23NO/c14-12-8-4-7-11(12)13-9-10-5-2-1-3-6-10/h10-14H,1-9H2/t11-,12-/m0/s1. The Hall–Kier alpha value is -0.0800. The molecule has 2 fully saturated rings. The number of aliphatic hydroxyl groups excluding tert-OH is 1. The van der Waals surface area contributed by atoms with Crippen LogP contribution in [0.1, 0.15) is 51.4 Å². The molecular formula is C12H23NO. The molecule has 82 valence electrons. The molecule has 2 aliphatic carbocycles. The van der Waals surface area contributed by atoms with Crippen LogP contribution >= 0.6 is 0 Å². The Balaban J connectivity index is 1.65. The van der Waals surface area contributed by atoms with Crippen LogP contribution in [0.3, 0.4) is 0 Å². The fourth-order valence-corrected chi connectivity index (χ4v) is 2.89. The fourth-order valence-electron chi connectivity index (χ4n) is 2.89. The highest BCUT2D eigenvalue weighted by molar-refractivity contribution is 4.83. The maximum atomic E-state index is 9.66. The molecule has 2 nitrogen and oxygen atoms in total. The van der Waals surface area contributed by atoms with E-state index in [1.165, 1.54) is 44.9 Å². The summed E-state index contributed by atoms with van der Waals surface area (Å²) in [7, 11) is 0. The van der Waals surface area contributed by atoms with Crippen LogP contribution in [0.4, 0.5) is 0 Å². The van der Waals surface area contributed by atoms with Crippen LogP contribution in [0.25, 0.3) is 0 Å². The smallest absolute Gasteiger partial charge is 0.0693 e. The molecule has 0 aromatic heterocycles. The lowest BCUT2D eigenvalue weighted by atomic mass is 9.89. The fraction of sp³-hybridized carbons (Fsp3) is 1.00. The maximum Gasteiger partial charge on any atom is 0.0693 e. The van der Waals surface area contributed by atoms with Gasteiger partial charge in [-0.3, -0.25) is 0 Å². The van der Waals surface area contributed by atoms with Gasteiger partial charge in [0.15, 0.2) is 0 Å². The third-order valence-electron chi connectivity index (χ3n) is 3.87. The lowest BCUT2D eigenvalue weighted by molar-refractivity contribution is 0.145. The Morgan fingerprint density at radius 1 is 0.929 bits per heavy atom. The molecule has 0 aromatic rings. The molecule has 0 saturated heterocycles. The number of rotatable bonds is 3. The first kappa shape index (κ1) is 10.4. The lowest BCUT2D eigenvalue weighted by Gasteiger charge is -2.25. The summed E-state index contributed by atoms with van der Waals surface area (Å²) in [6.45, 7) is 1.14. The van der Waals surface area contributed by atoms with E-state index < -0.39 is 0 Å². The van der Waals surface area contributed by atoms with Crippen molar-refractivity contribution in [1.82, 2.24) is 5.32 Å². The molecule has 0 amide bonds. The molecule has 2 aliphatic rings. The Morgan fingerprint density at radius 2 is 1.71 bits per heavy atom. The van der Waals surface area contributed by atoms with Crippen LogP contribution in [-0.2, 0) is 0 Å². The topological polar surface area (TPSA) is 32.3 Å². The summed E-state index contributed by atoms with van der Waals surface area (Å²) in [5.74, 6) is 0.886. The quantitative estimate of drug-likeness (QED) is 0.726. The summed E-state index contributed by atoms with van der Waals surface area (Å²) in [6, 6.07) is 0.400. The SMILES string of the molecule is O[C@H]1CCC[C@@H]1NCC1CCCCC1. The number of hydrogen-bond acceptors (Lipinski definition) is 2. The molecule has 2 atom stereocenters. The van der Waals surface area contributed by atoms with Gasteiger partial charge in [0.2, 0.25) is 0 Å². The Labute approximate surface area is 87.1 Å². The van der Waals surface area contributed by atoms with Crippen molar-refractivity contribution in [3.05, 3.63) is 0 Å². The summed E-state index contributed by atoms with van der Waals surface area (Å²) >= 11 is 0. The zero-order valence-electron chi connectivity index (χ0n) is 9.04. The second-order valence-corrected chi connectivity index (χ2v) is 5.02. The number of aliphatic hydroxyl groups is 1. The molecule has 0 aromatic carbocycles. The van der Waals surface area contributed by atoms with Crippen molar-refractivity contribution >= 4 is 0 Å². The van der Waals surface area contributed by atoms with E-state index in [-0.39, 0.29) is 6.10 Å². The van der Waals surface area contributed by atoms with E-state index >= 15 is 0 Å². The molecule has 2 saturated carbocycles. The molecule has 2 rings (SSSR count). The van der Waals surface area contributed by atoms with Crippen molar-refractivity contribution in [2.24, 2.45) is 5.92 Å². The van der Waals surface area contributed by atoms with Crippen molar-refractivity contribution in [2.75, 3.05) is 6.54 Å². The summed E-state index contributed by atoms with van der Waals surface area (Å²) in [5, 5.41) is 13.2. The van der Waals surface area contributed by atoms with Crippen molar-refractivity contribution < 1.29 is 5.11 Å². The monoisotopic (exact) mass is 197 g/mol. The third-order valence-corrected chi connectivity index (χ3v) is 3.87. The van der Waals surface area contributed by atoms with E-state index in [0.717, 1.165) is 18.9 Å². The van der Waals surface area contributed by atoms with Gasteiger partial charge in [0.25, 0.3) is 0 Å². The van der Waals surface area contributed by atoms with Gasteiger partial charge in [-0.05, 0) is 44.6 Å². The Kier molecular flexibility index (Phi) is 3.82. The Bertz CT molecular complexity index is 166. The minimum Gasteiger partial charge on any atom is -0.392 e. The van der Waals surface area contributed by atoms with Gasteiger partial charge in [-0.25, -0.2) is 0 Å². The van der Waals surface area contributed by atoms with E-state index in [4.69, 9.17) is 0 Å². The van der Waals surface area contributed by atoms with Crippen molar-refractivity contribution in [2.45, 2.75) is 63.5 Å². The summed E-state index contributed by atoms with van der Waals surface area (Å²) < 4.78 is 0. The molecule has 2 N–H and O–H groups in total. The lowest BCUT2D eigenvalue weighted by Crippen LogP contribution is -2.38. The molecule has 0 aliphatic heterocycles. The van der Waals surface area contributed by atoms with Gasteiger partial charge in [-0.2, -0.15) is 0 Å². The van der Waals surface area contributed by atoms with Crippen LogP contribution in [-0.4, -0.2) is 23.8 Å². The van der Waals surface area contributed by atoms with Crippen molar-refractivity contribution in [3.8, 4) is 0 Å². The predicted octanol–water partition coefficient (Wildman–Crippen LogP) is 2.07. The molecule has 0 spiro atoms. The van der Waals surface area contributed by atoms with Crippen LogP contribution in [0.2, 0.25) is 0 Å². The van der Waals surface area contributed by atoms with E-state index in [2.05, 4.69) is 5.32 Å². The normalized spacial score (nSPS) is 34.9. The molecule has 0 unspecified atom stereocenters. The highest BCUT2D eigenvalue weighted by atomic mass is 16.3. The van der Waals surface area contributed by atoms with E-state index in [1.54, 1.807) is 0 Å². The molecular weight excluding hydrogens is 174 g/mol. The first-order chi connectivity index (χ1) is 6.86. The number of nitrogens with one attached hydrogen (secondary N) is 1. The van der Waals surface area contributed by atoms with Crippen LogP contribution in [0.5, 0.6) is 0 Å². The summed E-state index contributed by atoms with van der Waals surface area (Å²) in [4.78, 5) is 0. The van der Waals surface area contributed by atoms with Crippen LogP contribution in [0.15, 0.2) is 0 Å². The Morgan fingerprint density at radius 3 is 2.36 bits per heavy atom. The first-order valence-corrected chi connectivity index (χ1v) is 6.28. The van der Waals surface area contributed by atoms with Gasteiger partial charge >= 0.3 is 0 Å². The minimum absolute atomic E-state index is 0.0707. The highest BCUT2D eigenvalue weighted by Gasteiger charge is 2.25. The van der Waals surface area contributed by atoms with E-state index in [9.17, 15) is 5.11 Å². The largest absolute Gasteiger partial charge is 0.392 e. The van der Waals surface area contributed by atoms with Gasteiger partial charge < -0.3 is 10.4 Å². The van der Waals surface area contributed by atoms with Gasteiger partial charge in [0.05, 0.1) is 6.10 Å². The molecule has 0 bridgehead atoms. The molecule has 0 heterocycles.